The predicted octanol–water partition coefficient (Wildman–Crippen LogP) is 2.31. The van der Waals surface area contributed by atoms with Crippen LogP contribution in [0.25, 0.3) is 0 Å². The van der Waals surface area contributed by atoms with Crippen LogP contribution in [0.3, 0.4) is 0 Å². The van der Waals surface area contributed by atoms with Crippen LogP contribution in [-0.4, -0.2) is 20.9 Å². The molecular formula is C7H20AlIN2. The Morgan fingerprint density at radius 3 is 1.91 bits per heavy atom. The third-order valence-electron chi connectivity index (χ3n) is 1.67. The van der Waals surface area contributed by atoms with Gasteiger partial charge < -0.3 is 4.30 Å². The van der Waals surface area contributed by atoms with E-state index in [0.717, 1.165) is 0 Å². The monoisotopic (exact) mass is 286 g/mol. The Morgan fingerprint density at radius 1 is 1.18 bits per heavy atom. The smallest absolute Gasteiger partial charge is 0.369 e. The molecule has 0 aromatic heterocycles. The van der Waals surface area contributed by atoms with Crippen molar-refractivity contribution in [2.45, 2.75) is 37.8 Å². The summed E-state index contributed by atoms with van der Waals surface area (Å²) in [4.78, 5) is 0. The summed E-state index contributed by atoms with van der Waals surface area (Å²) in [5.74, 6) is 0. The molecule has 0 amide bonds. The third kappa shape index (κ3) is 11.2. The minimum absolute atomic E-state index is 0.460. The molecule has 2 nitrogen and oxygen atoms in total. The zero-order valence-corrected chi connectivity index (χ0v) is 11.2. The van der Waals surface area contributed by atoms with Crippen molar-refractivity contribution >= 4 is 37.2 Å². The fourth-order valence-corrected chi connectivity index (χ4v) is 2.78. The summed E-state index contributed by atoms with van der Waals surface area (Å²) in [7, 11) is 0. The van der Waals surface area contributed by atoms with Crippen molar-refractivity contribution in [1.29, 1.82) is 0 Å². The first-order chi connectivity index (χ1) is 5.35. The highest BCUT2D eigenvalue weighted by Crippen LogP contribution is 1.92. The molecule has 0 fully saturated rings. The summed E-state index contributed by atoms with van der Waals surface area (Å²) < 4.78 is 8.08. The summed E-state index contributed by atoms with van der Waals surface area (Å²) in [5, 5.41) is 2.80. The van der Waals surface area contributed by atoms with Gasteiger partial charge in [0, 0.05) is 22.9 Å². The first kappa shape index (κ1) is 14.7. The molecule has 0 spiro atoms. The number of nitrogens with two attached hydrogens (primary N) is 1. The Labute approximate surface area is 89.4 Å². The maximum absolute atomic E-state index is 4.47. The first-order valence-electron chi connectivity index (χ1n) is 4.30. The topological polar surface area (TPSA) is 38.0 Å². The SMILES string of the molecule is CCC[NH][Al]([CH2]C)[CH2]C.NI. The summed E-state index contributed by atoms with van der Waals surface area (Å²) in [6.45, 7) is 8.05. The van der Waals surface area contributed by atoms with E-state index < -0.39 is 14.4 Å². The third-order valence-corrected chi connectivity index (χ3v) is 4.51. The van der Waals surface area contributed by atoms with Gasteiger partial charge in [0.15, 0.2) is 0 Å². The maximum Gasteiger partial charge on any atom is 0.369 e. The minimum Gasteiger partial charge on any atom is -0.399 e. The lowest BCUT2D eigenvalue weighted by Gasteiger charge is -2.06. The van der Waals surface area contributed by atoms with Crippen LogP contribution in [0.1, 0.15) is 27.2 Å². The van der Waals surface area contributed by atoms with Gasteiger partial charge >= 0.3 is 14.4 Å². The normalized spacial score (nSPS) is 8.45. The lowest BCUT2D eigenvalue weighted by atomic mass is 10.5. The van der Waals surface area contributed by atoms with Crippen LogP contribution in [0.4, 0.5) is 0 Å². The molecule has 0 saturated carbocycles. The van der Waals surface area contributed by atoms with Gasteiger partial charge in [-0.2, -0.15) is 0 Å². The highest BCUT2D eigenvalue weighted by atomic mass is 127. The second-order valence-corrected chi connectivity index (χ2v) is 5.90. The quantitative estimate of drug-likeness (QED) is 0.462. The van der Waals surface area contributed by atoms with Gasteiger partial charge in [-0.15, -0.1) is 0 Å². The Hall–Kier alpha value is 1.18. The van der Waals surface area contributed by atoms with Gasteiger partial charge in [-0.3, -0.25) is 3.95 Å². The number of hydrogen-bond acceptors (Lipinski definition) is 2. The highest BCUT2D eigenvalue weighted by Gasteiger charge is 2.09. The molecule has 0 heterocycles. The van der Waals surface area contributed by atoms with Gasteiger partial charge in [-0.25, -0.2) is 0 Å². The molecule has 0 unspecified atom stereocenters. The van der Waals surface area contributed by atoms with Crippen molar-refractivity contribution in [3.63, 3.8) is 0 Å². The van der Waals surface area contributed by atoms with E-state index in [1.165, 1.54) is 23.5 Å². The molecule has 0 radical (unpaired) electrons. The van der Waals surface area contributed by atoms with Crippen molar-refractivity contribution in [2.24, 2.45) is 3.95 Å². The molecule has 11 heavy (non-hydrogen) atoms. The van der Waals surface area contributed by atoms with Crippen LogP contribution in [-0.2, 0) is 0 Å². The van der Waals surface area contributed by atoms with Crippen molar-refractivity contribution in [2.75, 3.05) is 6.54 Å². The molecule has 0 aromatic rings. The van der Waals surface area contributed by atoms with E-state index in [0.29, 0.717) is 0 Å². The van der Waals surface area contributed by atoms with Crippen LogP contribution >= 0.6 is 22.9 Å². The Balaban J connectivity index is 0. The average molecular weight is 286 g/mol. The summed E-state index contributed by atoms with van der Waals surface area (Å²) >= 11 is 1.19. The standard InChI is InChI=1S/C3H8N.2C2H5.Al.H2IN/c1-2-3-4;2*1-2;;1-2/h4H,2-3H2,1H3;2*1H2,2H3;;2H2/q-1;;;+1;. The van der Waals surface area contributed by atoms with E-state index in [1.807, 2.05) is 0 Å². The van der Waals surface area contributed by atoms with Crippen molar-refractivity contribution in [3.05, 3.63) is 0 Å². The highest BCUT2D eigenvalue weighted by molar-refractivity contribution is 14.1. The number of halogens is 1. The van der Waals surface area contributed by atoms with E-state index in [4.69, 9.17) is 0 Å². The zero-order valence-electron chi connectivity index (χ0n) is 7.86. The van der Waals surface area contributed by atoms with Gasteiger partial charge in [0.25, 0.3) is 0 Å². The molecule has 0 rings (SSSR count). The van der Waals surface area contributed by atoms with Crippen molar-refractivity contribution < 1.29 is 0 Å². The van der Waals surface area contributed by atoms with Crippen LogP contribution in [0.5, 0.6) is 0 Å². The van der Waals surface area contributed by atoms with E-state index in [-0.39, 0.29) is 0 Å². The van der Waals surface area contributed by atoms with Crippen LogP contribution in [0.15, 0.2) is 0 Å². The molecule has 0 aliphatic heterocycles. The Kier molecular flexibility index (Phi) is 18.4. The fraction of sp³-hybridized carbons (Fsp3) is 1.00. The Morgan fingerprint density at radius 2 is 1.64 bits per heavy atom. The van der Waals surface area contributed by atoms with Crippen molar-refractivity contribution in [3.8, 4) is 0 Å². The van der Waals surface area contributed by atoms with Gasteiger partial charge in [0.05, 0.1) is 0 Å². The van der Waals surface area contributed by atoms with Gasteiger partial charge in [-0.1, -0.05) is 31.3 Å². The zero-order chi connectivity index (χ0) is 9.11. The van der Waals surface area contributed by atoms with Crippen LogP contribution in [0.2, 0.25) is 10.6 Å². The van der Waals surface area contributed by atoms with E-state index in [2.05, 4.69) is 29.0 Å². The summed E-state index contributed by atoms with van der Waals surface area (Å²) in [6, 6.07) is 0. The number of hydrogen-bond donors (Lipinski definition) is 2. The first-order valence-corrected chi connectivity index (χ1v) is 7.75. The lowest BCUT2D eigenvalue weighted by molar-refractivity contribution is 0.841. The second-order valence-electron chi connectivity index (χ2n) is 2.47. The summed E-state index contributed by atoms with van der Waals surface area (Å²) in [5.41, 5.74) is 0. The lowest BCUT2D eigenvalue weighted by Crippen LogP contribution is -2.32. The minimum atomic E-state index is -0.460. The molecule has 0 atom stereocenters. The second kappa shape index (κ2) is 13.8. The van der Waals surface area contributed by atoms with Crippen LogP contribution in [0, 0.1) is 0 Å². The average Bonchev–Trinajstić information content (AvgIpc) is 2.10. The van der Waals surface area contributed by atoms with Gasteiger partial charge in [0.2, 0.25) is 0 Å². The predicted molar refractivity (Wildman–Crippen MR) is 63.2 cm³/mol. The molecule has 0 aliphatic carbocycles. The van der Waals surface area contributed by atoms with E-state index in [9.17, 15) is 0 Å². The number of rotatable bonds is 5. The molecule has 3 N–H and O–H groups in total. The molecule has 0 aliphatic rings. The largest absolute Gasteiger partial charge is 0.399 e. The number of nitrogens with one attached hydrogen (secondary N) is 1. The Bertz CT molecular complexity index is 60.4. The van der Waals surface area contributed by atoms with E-state index in [1.54, 1.807) is 22.9 Å². The van der Waals surface area contributed by atoms with Crippen LogP contribution < -0.4 is 8.25 Å². The fourth-order valence-electron chi connectivity index (χ4n) is 0.926. The van der Waals surface area contributed by atoms with Gasteiger partial charge in [0.1, 0.15) is 0 Å². The van der Waals surface area contributed by atoms with Gasteiger partial charge in [-0.05, 0) is 13.0 Å². The molecule has 0 aromatic carbocycles. The molecule has 0 saturated heterocycles. The molecule has 68 valence electrons. The molecular weight excluding hydrogens is 266 g/mol. The summed E-state index contributed by atoms with van der Waals surface area (Å²) in [6.07, 6.45) is 1.28. The maximum atomic E-state index is 4.47. The molecule has 4 heteroatoms. The molecule has 0 bridgehead atoms. The van der Waals surface area contributed by atoms with E-state index >= 15 is 0 Å². The van der Waals surface area contributed by atoms with Crippen molar-refractivity contribution in [1.82, 2.24) is 4.30 Å².